The number of hydrogen-bond acceptors (Lipinski definition) is 5. The molecule has 0 saturated carbocycles. The summed E-state index contributed by atoms with van der Waals surface area (Å²) in [6.07, 6.45) is 0. The van der Waals surface area contributed by atoms with Gasteiger partial charge in [0.15, 0.2) is 0 Å². The van der Waals surface area contributed by atoms with E-state index in [9.17, 15) is 14.4 Å². The highest BCUT2D eigenvalue weighted by Gasteiger charge is 2.23. The van der Waals surface area contributed by atoms with Crippen molar-refractivity contribution < 1.29 is 14.4 Å². The van der Waals surface area contributed by atoms with Crippen molar-refractivity contribution in [3.8, 4) is 0 Å². The summed E-state index contributed by atoms with van der Waals surface area (Å²) < 4.78 is 0. The molecule has 14 heavy (non-hydrogen) atoms. The summed E-state index contributed by atoms with van der Waals surface area (Å²) in [7, 11) is 0. The van der Waals surface area contributed by atoms with Crippen LogP contribution in [0.25, 0.3) is 0 Å². The highest BCUT2D eigenvalue weighted by Crippen LogP contribution is 2.00. The predicted octanol–water partition coefficient (Wildman–Crippen LogP) is 0.409. The van der Waals surface area contributed by atoms with Crippen LogP contribution in [0.1, 0.15) is 20.8 Å². The van der Waals surface area contributed by atoms with Crippen molar-refractivity contribution in [1.29, 1.82) is 10.8 Å². The van der Waals surface area contributed by atoms with Crippen LogP contribution in [0.2, 0.25) is 0 Å². The van der Waals surface area contributed by atoms with Crippen LogP contribution in [0.15, 0.2) is 0 Å². The van der Waals surface area contributed by atoms with Crippen molar-refractivity contribution in [1.82, 2.24) is 0 Å². The maximum atomic E-state index is 10.6. The minimum Gasteiger partial charge on any atom is -0.299 e. The third-order valence-corrected chi connectivity index (χ3v) is 1.28. The van der Waals surface area contributed by atoms with E-state index in [0.29, 0.717) is 0 Å². The topological polar surface area (TPSA) is 98.9 Å². The fraction of sp³-hybridized carbons (Fsp3) is 0.444. The molecule has 0 rings (SSSR count). The molecular formula is C9H12N2O3. The van der Waals surface area contributed by atoms with Crippen LogP contribution in [0.4, 0.5) is 0 Å². The SMILES string of the molecule is CC(=O)C(C(C)=O)C(C)=O.N=C=C=N. The van der Waals surface area contributed by atoms with Gasteiger partial charge >= 0.3 is 0 Å². The molecule has 76 valence electrons. The van der Waals surface area contributed by atoms with Crippen LogP contribution >= 0.6 is 0 Å². The lowest BCUT2D eigenvalue weighted by atomic mass is 9.97. The van der Waals surface area contributed by atoms with Crippen LogP contribution in [-0.2, 0) is 14.4 Å². The van der Waals surface area contributed by atoms with Crippen molar-refractivity contribution in [3.63, 3.8) is 0 Å². The maximum Gasteiger partial charge on any atom is 0.147 e. The smallest absolute Gasteiger partial charge is 0.147 e. The van der Waals surface area contributed by atoms with Gasteiger partial charge in [-0.3, -0.25) is 14.4 Å². The molecule has 0 aromatic rings. The fourth-order valence-electron chi connectivity index (χ4n) is 0.859. The van der Waals surface area contributed by atoms with E-state index in [1.807, 2.05) is 0 Å². The van der Waals surface area contributed by atoms with Gasteiger partial charge in [-0.1, -0.05) is 0 Å². The monoisotopic (exact) mass is 196 g/mol. The molecular weight excluding hydrogens is 184 g/mol. The molecule has 0 aromatic carbocycles. The fourth-order valence-corrected chi connectivity index (χ4v) is 0.859. The molecule has 5 heteroatoms. The van der Waals surface area contributed by atoms with Gasteiger partial charge in [-0.2, -0.15) is 0 Å². The highest BCUT2D eigenvalue weighted by atomic mass is 16.2. The predicted molar refractivity (Wildman–Crippen MR) is 51.0 cm³/mol. The molecule has 0 unspecified atom stereocenters. The Balaban J connectivity index is 0. The zero-order chi connectivity index (χ0) is 11.7. The molecule has 0 bridgehead atoms. The number of carbonyl (C=O) groups is 3. The molecule has 2 N–H and O–H groups in total. The third-order valence-electron chi connectivity index (χ3n) is 1.28. The molecule has 5 nitrogen and oxygen atoms in total. The molecule has 0 amide bonds. The minimum absolute atomic E-state index is 0.375. The maximum absolute atomic E-state index is 10.6. The second-order valence-corrected chi connectivity index (χ2v) is 2.51. The van der Waals surface area contributed by atoms with Gasteiger partial charge in [0, 0.05) is 0 Å². The van der Waals surface area contributed by atoms with Gasteiger partial charge < -0.3 is 0 Å². The van der Waals surface area contributed by atoms with E-state index < -0.39 is 5.92 Å². The van der Waals surface area contributed by atoms with Crippen molar-refractivity contribution in [3.05, 3.63) is 0 Å². The van der Waals surface area contributed by atoms with E-state index in [0.717, 1.165) is 0 Å². The lowest BCUT2D eigenvalue weighted by molar-refractivity contribution is -0.137. The molecule has 0 spiro atoms. The zero-order valence-electron chi connectivity index (χ0n) is 8.30. The van der Waals surface area contributed by atoms with E-state index >= 15 is 0 Å². The molecule has 0 radical (unpaired) electrons. The highest BCUT2D eigenvalue weighted by molar-refractivity contribution is 6.17. The van der Waals surface area contributed by atoms with Crippen molar-refractivity contribution in [2.45, 2.75) is 20.8 Å². The Kier molecular flexibility index (Phi) is 8.18. The first-order valence-electron chi connectivity index (χ1n) is 3.73. The summed E-state index contributed by atoms with van der Waals surface area (Å²) >= 11 is 0. The van der Waals surface area contributed by atoms with Crippen LogP contribution in [0.5, 0.6) is 0 Å². The Morgan fingerprint density at radius 1 is 0.857 bits per heavy atom. The quantitative estimate of drug-likeness (QED) is 0.505. The molecule has 0 aliphatic carbocycles. The van der Waals surface area contributed by atoms with Crippen molar-refractivity contribution in [2.75, 3.05) is 0 Å². The van der Waals surface area contributed by atoms with Crippen LogP contribution in [0, 0.1) is 16.7 Å². The number of hydrogen-bond donors (Lipinski definition) is 2. The molecule has 0 fully saturated rings. The minimum atomic E-state index is -1.03. The van der Waals surface area contributed by atoms with E-state index in [2.05, 4.69) is 0 Å². The van der Waals surface area contributed by atoms with Gasteiger partial charge in [0.2, 0.25) is 0 Å². The lowest BCUT2D eigenvalue weighted by Gasteiger charge is -2.02. The first-order valence-corrected chi connectivity index (χ1v) is 3.73. The van der Waals surface area contributed by atoms with Gasteiger partial charge in [-0.15, -0.1) is 0 Å². The number of ketones is 3. The molecule has 0 heterocycles. The van der Waals surface area contributed by atoms with E-state index in [1.165, 1.54) is 20.8 Å². The summed E-state index contributed by atoms with van der Waals surface area (Å²) in [6.45, 7) is 3.73. The van der Waals surface area contributed by atoms with E-state index in [-0.39, 0.29) is 17.3 Å². The summed E-state index contributed by atoms with van der Waals surface area (Å²) in [5.41, 5.74) is 0. The second kappa shape index (κ2) is 7.80. The van der Waals surface area contributed by atoms with Gasteiger partial charge in [0.05, 0.1) is 11.7 Å². The normalized spacial score (nSPS) is 7.71. The summed E-state index contributed by atoms with van der Waals surface area (Å²) in [4.78, 5) is 31.8. The third kappa shape index (κ3) is 6.85. The number of Topliss-reactive ketones (excluding diaryl/α,β-unsaturated/α-hetero) is 3. The van der Waals surface area contributed by atoms with Crippen LogP contribution < -0.4 is 0 Å². The Labute approximate surface area is 81.8 Å². The average Bonchev–Trinajstić information content (AvgIpc) is 2.02. The standard InChI is InChI=1S/C7H10O3.C2H2N2/c1-4(8)7(5(2)9)6(3)10;3-1-2-4/h7H,1-3H3;3-4H. The van der Waals surface area contributed by atoms with Crippen LogP contribution in [-0.4, -0.2) is 29.1 Å². The number of nitrogens with one attached hydrogen (secondary N) is 2. The molecule has 0 saturated heterocycles. The first-order chi connectivity index (χ1) is 6.38. The van der Waals surface area contributed by atoms with Gasteiger partial charge in [-0.25, -0.2) is 10.8 Å². The van der Waals surface area contributed by atoms with Gasteiger partial charge in [0.25, 0.3) is 0 Å². The lowest BCUT2D eigenvalue weighted by Crippen LogP contribution is -2.26. The summed E-state index contributed by atoms with van der Waals surface area (Å²) in [5.74, 6) is 1.04. The Bertz CT molecular complexity index is 267. The van der Waals surface area contributed by atoms with Crippen LogP contribution in [0.3, 0.4) is 0 Å². The van der Waals surface area contributed by atoms with E-state index in [4.69, 9.17) is 10.8 Å². The largest absolute Gasteiger partial charge is 0.299 e. The molecule has 0 atom stereocenters. The Morgan fingerprint density at radius 3 is 1.07 bits per heavy atom. The van der Waals surface area contributed by atoms with Gasteiger partial charge in [0.1, 0.15) is 23.3 Å². The number of carbonyl (C=O) groups excluding carboxylic acids is 3. The molecule has 0 aromatic heterocycles. The zero-order valence-corrected chi connectivity index (χ0v) is 8.30. The molecule has 0 aliphatic heterocycles. The summed E-state index contributed by atoms with van der Waals surface area (Å²) in [6, 6.07) is 0. The summed E-state index contributed by atoms with van der Waals surface area (Å²) in [5, 5.41) is 11.8. The van der Waals surface area contributed by atoms with E-state index in [1.54, 1.807) is 11.7 Å². The average molecular weight is 196 g/mol. The van der Waals surface area contributed by atoms with Crippen molar-refractivity contribution >= 4 is 29.1 Å². The Morgan fingerprint density at radius 2 is 1.07 bits per heavy atom. The number of rotatable bonds is 3. The molecule has 0 aliphatic rings. The van der Waals surface area contributed by atoms with Crippen molar-refractivity contribution in [2.24, 2.45) is 5.92 Å². The van der Waals surface area contributed by atoms with Gasteiger partial charge in [-0.05, 0) is 20.8 Å². The second-order valence-electron chi connectivity index (χ2n) is 2.51. The first kappa shape index (κ1) is 14.7. The Hall–Kier alpha value is -1.83.